The number of ether oxygens (including phenoxy) is 1. The number of hydrogen-bond donors (Lipinski definition) is 0. The Morgan fingerprint density at radius 1 is 1.35 bits per heavy atom. The van der Waals surface area contributed by atoms with Gasteiger partial charge in [-0.05, 0) is 14.0 Å². The molecule has 2 amide bonds. The molecule has 0 aromatic rings. The van der Waals surface area contributed by atoms with Crippen molar-refractivity contribution in [1.82, 2.24) is 14.7 Å². The van der Waals surface area contributed by atoms with E-state index in [0.717, 1.165) is 26.2 Å². The van der Waals surface area contributed by atoms with Gasteiger partial charge in [0.05, 0.1) is 18.6 Å². The maximum absolute atomic E-state index is 12.5. The Balaban J connectivity index is 1.91. The average Bonchev–Trinajstić information content (AvgIpc) is 2.81. The molecular formula is C14H25N3O3. The summed E-state index contributed by atoms with van der Waals surface area (Å²) in [5.74, 6) is 0.0332. The molecule has 20 heavy (non-hydrogen) atoms. The van der Waals surface area contributed by atoms with E-state index in [0.29, 0.717) is 19.6 Å². The van der Waals surface area contributed by atoms with Gasteiger partial charge < -0.3 is 19.4 Å². The third-order valence-electron chi connectivity index (χ3n) is 4.26. The van der Waals surface area contributed by atoms with Gasteiger partial charge in [0.1, 0.15) is 0 Å². The van der Waals surface area contributed by atoms with Crippen LogP contribution in [0.15, 0.2) is 0 Å². The van der Waals surface area contributed by atoms with Crippen molar-refractivity contribution >= 4 is 11.8 Å². The summed E-state index contributed by atoms with van der Waals surface area (Å²) in [5.41, 5.74) is 0. The summed E-state index contributed by atoms with van der Waals surface area (Å²) in [4.78, 5) is 30.4. The molecule has 2 aliphatic heterocycles. The molecule has 0 radical (unpaired) electrons. The molecule has 0 aromatic heterocycles. The van der Waals surface area contributed by atoms with Crippen molar-refractivity contribution < 1.29 is 14.3 Å². The van der Waals surface area contributed by atoms with E-state index in [-0.39, 0.29) is 23.8 Å². The molecule has 0 unspecified atom stereocenters. The maximum Gasteiger partial charge on any atom is 0.228 e. The van der Waals surface area contributed by atoms with Crippen molar-refractivity contribution in [3.63, 3.8) is 0 Å². The predicted octanol–water partition coefficient (Wildman–Crippen LogP) is -0.356. The fraction of sp³-hybridized carbons (Fsp3) is 0.857. The van der Waals surface area contributed by atoms with Crippen LogP contribution in [0.1, 0.15) is 13.3 Å². The van der Waals surface area contributed by atoms with E-state index in [4.69, 9.17) is 4.74 Å². The van der Waals surface area contributed by atoms with Crippen LogP contribution in [0, 0.1) is 5.92 Å². The number of methoxy groups -OCH3 is 1. The van der Waals surface area contributed by atoms with Gasteiger partial charge in [-0.3, -0.25) is 9.59 Å². The largest absolute Gasteiger partial charge is 0.383 e. The first-order valence-electron chi connectivity index (χ1n) is 7.28. The SMILES string of the molecule is COC[C@@H](C)N1C[C@H](C(=O)N2CCN(C)CC2)CC1=O. The summed E-state index contributed by atoms with van der Waals surface area (Å²) >= 11 is 0. The first kappa shape index (κ1) is 15.3. The monoisotopic (exact) mass is 283 g/mol. The van der Waals surface area contributed by atoms with Gasteiger partial charge in [0.25, 0.3) is 0 Å². The Hall–Kier alpha value is -1.14. The van der Waals surface area contributed by atoms with Crippen molar-refractivity contribution in [3.8, 4) is 0 Å². The lowest BCUT2D eigenvalue weighted by molar-refractivity contribution is -0.137. The fourth-order valence-corrected chi connectivity index (χ4v) is 2.94. The second-order valence-electron chi connectivity index (χ2n) is 5.88. The zero-order valence-corrected chi connectivity index (χ0v) is 12.7. The van der Waals surface area contributed by atoms with Crippen molar-refractivity contribution in [2.75, 3.05) is 53.5 Å². The number of likely N-dealkylation sites (N-methyl/N-ethyl adjacent to an activating group) is 1. The molecule has 2 aliphatic rings. The molecule has 0 saturated carbocycles. The zero-order valence-electron chi connectivity index (χ0n) is 12.7. The van der Waals surface area contributed by atoms with Crippen LogP contribution in [0.5, 0.6) is 0 Å². The van der Waals surface area contributed by atoms with Crippen molar-refractivity contribution in [2.45, 2.75) is 19.4 Å². The molecule has 0 aliphatic carbocycles. The molecule has 2 heterocycles. The molecule has 0 N–H and O–H groups in total. The highest BCUT2D eigenvalue weighted by atomic mass is 16.5. The van der Waals surface area contributed by atoms with E-state index in [9.17, 15) is 9.59 Å². The molecule has 6 nitrogen and oxygen atoms in total. The van der Waals surface area contributed by atoms with Gasteiger partial charge in [0.15, 0.2) is 0 Å². The van der Waals surface area contributed by atoms with Gasteiger partial charge in [0, 0.05) is 46.3 Å². The fourth-order valence-electron chi connectivity index (χ4n) is 2.94. The topological polar surface area (TPSA) is 53.1 Å². The number of likely N-dealkylation sites (tertiary alicyclic amines) is 1. The van der Waals surface area contributed by atoms with E-state index >= 15 is 0 Å². The lowest BCUT2D eigenvalue weighted by Gasteiger charge is -2.34. The first-order valence-corrected chi connectivity index (χ1v) is 7.28. The minimum atomic E-state index is -0.176. The van der Waals surface area contributed by atoms with E-state index in [1.807, 2.05) is 11.8 Å². The number of carbonyl (C=O) groups excluding carboxylic acids is 2. The standard InChI is InChI=1S/C14H25N3O3/c1-11(10-20-3)17-9-12(8-13(17)18)14(19)16-6-4-15(2)5-7-16/h11-12H,4-10H2,1-3H3/t11-,12-/m1/s1. The van der Waals surface area contributed by atoms with E-state index in [2.05, 4.69) is 11.9 Å². The quantitative estimate of drug-likeness (QED) is 0.707. The third-order valence-corrected chi connectivity index (χ3v) is 4.26. The van der Waals surface area contributed by atoms with Crippen molar-refractivity contribution in [3.05, 3.63) is 0 Å². The highest BCUT2D eigenvalue weighted by Crippen LogP contribution is 2.22. The van der Waals surface area contributed by atoms with Crippen LogP contribution >= 0.6 is 0 Å². The van der Waals surface area contributed by atoms with Crippen molar-refractivity contribution in [2.24, 2.45) is 5.92 Å². The Kier molecular flexibility index (Phi) is 4.99. The molecule has 2 fully saturated rings. The minimum Gasteiger partial charge on any atom is -0.383 e. The molecule has 114 valence electrons. The summed E-state index contributed by atoms with van der Waals surface area (Å²) in [5, 5.41) is 0. The van der Waals surface area contributed by atoms with Crippen molar-refractivity contribution in [1.29, 1.82) is 0 Å². The predicted molar refractivity (Wildman–Crippen MR) is 75.2 cm³/mol. The summed E-state index contributed by atoms with van der Waals surface area (Å²) in [6.07, 6.45) is 0.346. The van der Waals surface area contributed by atoms with Crippen LogP contribution in [0.3, 0.4) is 0 Å². The smallest absolute Gasteiger partial charge is 0.228 e. The van der Waals surface area contributed by atoms with Gasteiger partial charge in [-0.1, -0.05) is 0 Å². The molecule has 0 spiro atoms. The average molecular weight is 283 g/mol. The third kappa shape index (κ3) is 3.30. The molecule has 2 saturated heterocycles. The highest BCUT2D eigenvalue weighted by molar-refractivity contribution is 5.89. The molecular weight excluding hydrogens is 258 g/mol. The Labute approximate surface area is 120 Å². The first-order chi connectivity index (χ1) is 9.52. The van der Waals surface area contributed by atoms with E-state index in [1.54, 1.807) is 12.0 Å². The number of nitrogens with zero attached hydrogens (tertiary/aromatic N) is 3. The Morgan fingerprint density at radius 2 is 2.00 bits per heavy atom. The lowest BCUT2D eigenvalue weighted by Crippen LogP contribution is -2.49. The van der Waals surface area contributed by atoms with E-state index < -0.39 is 0 Å². The van der Waals surface area contributed by atoms with Crippen LogP contribution in [-0.4, -0.2) is 86.0 Å². The van der Waals surface area contributed by atoms with Gasteiger partial charge in [-0.15, -0.1) is 0 Å². The second-order valence-corrected chi connectivity index (χ2v) is 5.88. The van der Waals surface area contributed by atoms with E-state index in [1.165, 1.54) is 0 Å². The maximum atomic E-state index is 12.5. The molecule has 0 bridgehead atoms. The second kappa shape index (κ2) is 6.54. The number of amides is 2. The van der Waals surface area contributed by atoms with Crippen LogP contribution in [0.2, 0.25) is 0 Å². The van der Waals surface area contributed by atoms with Gasteiger partial charge in [-0.25, -0.2) is 0 Å². The molecule has 2 rings (SSSR count). The van der Waals surface area contributed by atoms with Crippen LogP contribution in [0.25, 0.3) is 0 Å². The lowest BCUT2D eigenvalue weighted by atomic mass is 10.1. The normalized spacial score (nSPS) is 26.1. The Bertz CT molecular complexity index is 367. The molecule has 0 aromatic carbocycles. The molecule has 2 atom stereocenters. The number of rotatable bonds is 4. The number of carbonyl (C=O) groups is 2. The van der Waals surface area contributed by atoms with Gasteiger partial charge >= 0.3 is 0 Å². The number of piperazine rings is 1. The summed E-state index contributed by atoms with van der Waals surface area (Å²) in [7, 11) is 3.69. The summed E-state index contributed by atoms with van der Waals surface area (Å²) < 4.78 is 5.09. The zero-order chi connectivity index (χ0) is 14.7. The minimum absolute atomic E-state index is 0.0396. The Morgan fingerprint density at radius 3 is 2.60 bits per heavy atom. The summed E-state index contributed by atoms with van der Waals surface area (Å²) in [6.45, 7) is 6.38. The highest BCUT2D eigenvalue weighted by Gasteiger charge is 2.38. The van der Waals surface area contributed by atoms with Gasteiger partial charge in [0.2, 0.25) is 11.8 Å². The van der Waals surface area contributed by atoms with Crippen LogP contribution in [0.4, 0.5) is 0 Å². The van der Waals surface area contributed by atoms with Crippen LogP contribution < -0.4 is 0 Å². The summed E-state index contributed by atoms with van der Waals surface area (Å²) in [6, 6.07) is 0.0396. The van der Waals surface area contributed by atoms with Crippen LogP contribution in [-0.2, 0) is 14.3 Å². The molecule has 6 heteroatoms. The van der Waals surface area contributed by atoms with Gasteiger partial charge in [-0.2, -0.15) is 0 Å². The number of hydrogen-bond acceptors (Lipinski definition) is 4.